The van der Waals surface area contributed by atoms with Crippen LogP contribution in [0.25, 0.3) is 0 Å². The Morgan fingerprint density at radius 3 is 2.69 bits per heavy atom. The van der Waals surface area contributed by atoms with E-state index < -0.39 is 11.6 Å². The van der Waals surface area contributed by atoms with Gasteiger partial charge in [-0.2, -0.15) is 0 Å². The van der Waals surface area contributed by atoms with E-state index in [0.29, 0.717) is 12.3 Å². The van der Waals surface area contributed by atoms with Crippen LogP contribution in [-0.4, -0.2) is 0 Å². The van der Waals surface area contributed by atoms with E-state index in [1.165, 1.54) is 0 Å². The first-order valence-electron chi connectivity index (χ1n) is 4.58. The van der Waals surface area contributed by atoms with Crippen molar-refractivity contribution in [3.8, 4) is 0 Å². The van der Waals surface area contributed by atoms with Crippen LogP contribution in [0.15, 0.2) is 34.7 Å². The molecule has 0 aliphatic carbocycles. The first kappa shape index (κ1) is 11.4. The molecule has 0 unspecified atom stereocenters. The Balaban J connectivity index is 2.07. The van der Waals surface area contributed by atoms with Crippen LogP contribution >= 0.6 is 22.6 Å². The molecule has 1 heterocycles. The Kier molecular flexibility index (Phi) is 3.42. The van der Waals surface area contributed by atoms with Crippen molar-refractivity contribution in [3.63, 3.8) is 0 Å². The summed E-state index contributed by atoms with van der Waals surface area (Å²) in [5.41, 5.74) is 0.131. The molecule has 0 saturated heterocycles. The lowest BCUT2D eigenvalue weighted by molar-refractivity contribution is 0.492. The lowest BCUT2D eigenvalue weighted by Gasteiger charge is -2.05. The van der Waals surface area contributed by atoms with E-state index in [1.807, 2.05) is 22.6 Å². The van der Waals surface area contributed by atoms with Gasteiger partial charge in [0.25, 0.3) is 0 Å². The van der Waals surface area contributed by atoms with Crippen LogP contribution in [0.5, 0.6) is 0 Å². The summed E-state index contributed by atoms with van der Waals surface area (Å²) in [5.74, 6) is -0.284. The van der Waals surface area contributed by atoms with Crippen LogP contribution in [0.3, 0.4) is 0 Å². The van der Waals surface area contributed by atoms with E-state index in [4.69, 9.17) is 4.42 Å². The van der Waals surface area contributed by atoms with Crippen LogP contribution in [-0.2, 0) is 6.54 Å². The molecule has 1 N–H and O–H groups in total. The third kappa shape index (κ3) is 2.72. The number of hydrogen-bond donors (Lipinski definition) is 1. The van der Waals surface area contributed by atoms with Gasteiger partial charge in [-0.3, -0.25) is 0 Å². The summed E-state index contributed by atoms with van der Waals surface area (Å²) < 4.78 is 32.1. The number of nitrogens with one attached hydrogen (secondary N) is 1. The molecule has 0 atom stereocenters. The Bertz CT molecular complexity index is 498. The lowest BCUT2D eigenvalue weighted by atomic mass is 10.3. The van der Waals surface area contributed by atoms with Gasteiger partial charge in [-0.15, -0.1) is 0 Å². The minimum atomic E-state index is -0.484. The zero-order chi connectivity index (χ0) is 11.5. The second-order valence-corrected chi connectivity index (χ2v) is 4.25. The van der Waals surface area contributed by atoms with Gasteiger partial charge in [-0.05, 0) is 52.9 Å². The molecule has 1 aromatic carbocycles. The van der Waals surface area contributed by atoms with Crippen LogP contribution in [0.4, 0.5) is 14.5 Å². The Morgan fingerprint density at radius 2 is 2.00 bits per heavy atom. The van der Waals surface area contributed by atoms with E-state index in [-0.39, 0.29) is 5.69 Å². The van der Waals surface area contributed by atoms with Gasteiger partial charge in [0.2, 0.25) is 0 Å². The molecule has 0 saturated carbocycles. The van der Waals surface area contributed by atoms with Crippen molar-refractivity contribution < 1.29 is 13.2 Å². The van der Waals surface area contributed by atoms with Crippen LogP contribution in [0.1, 0.15) is 5.76 Å². The first-order chi connectivity index (χ1) is 7.65. The SMILES string of the molecule is Fc1ccc(F)c(NCc2ccc(I)o2)c1. The van der Waals surface area contributed by atoms with E-state index in [2.05, 4.69) is 5.32 Å². The number of rotatable bonds is 3. The predicted octanol–water partition coefficient (Wildman–Crippen LogP) is 3.77. The van der Waals surface area contributed by atoms with Crippen LogP contribution < -0.4 is 5.32 Å². The number of furan rings is 1. The third-order valence-corrected chi connectivity index (χ3v) is 2.59. The minimum Gasteiger partial charge on any atom is -0.454 e. The Labute approximate surface area is 105 Å². The molecule has 0 amide bonds. The summed E-state index contributed by atoms with van der Waals surface area (Å²) in [6, 6.07) is 6.87. The fourth-order valence-electron chi connectivity index (χ4n) is 1.26. The molecule has 0 radical (unpaired) electrons. The summed E-state index contributed by atoms with van der Waals surface area (Å²) in [6.45, 7) is 0.323. The second kappa shape index (κ2) is 4.82. The summed E-state index contributed by atoms with van der Waals surface area (Å²) in [4.78, 5) is 0. The minimum absolute atomic E-state index is 0.131. The van der Waals surface area contributed by atoms with Crippen LogP contribution in [0, 0.1) is 15.4 Å². The van der Waals surface area contributed by atoms with Gasteiger partial charge in [-0.25, -0.2) is 8.78 Å². The fraction of sp³-hybridized carbons (Fsp3) is 0.0909. The molecule has 1 aromatic heterocycles. The van der Waals surface area contributed by atoms with Crippen molar-refractivity contribution in [2.45, 2.75) is 6.54 Å². The molecule has 0 spiro atoms. The zero-order valence-electron chi connectivity index (χ0n) is 8.14. The second-order valence-electron chi connectivity index (χ2n) is 3.18. The van der Waals surface area contributed by atoms with Crippen molar-refractivity contribution in [2.75, 3.05) is 5.32 Å². The fourth-order valence-corrected chi connectivity index (χ4v) is 1.72. The molecule has 2 nitrogen and oxygen atoms in total. The molecule has 0 bridgehead atoms. The highest BCUT2D eigenvalue weighted by molar-refractivity contribution is 14.1. The Hall–Kier alpha value is -1.11. The standard InChI is InChI=1S/C11H8F2INO/c12-7-1-3-9(13)10(5-7)15-6-8-2-4-11(14)16-8/h1-5,15H,6H2. The molecule has 84 valence electrons. The van der Waals surface area contributed by atoms with Gasteiger partial charge >= 0.3 is 0 Å². The maximum atomic E-state index is 13.2. The molecular weight excluding hydrogens is 327 g/mol. The molecule has 2 aromatic rings. The zero-order valence-corrected chi connectivity index (χ0v) is 10.3. The maximum absolute atomic E-state index is 13.2. The van der Waals surface area contributed by atoms with Crippen molar-refractivity contribution in [1.29, 1.82) is 0 Å². The van der Waals surface area contributed by atoms with Gasteiger partial charge in [0.15, 0.2) is 3.77 Å². The van der Waals surface area contributed by atoms with Gasteiger partial charge in [0.05, 0.1) is 12.2 Å². The monoisotopic (exact) mass is 335 g/mol. The maximum Gasteiger partial charge on any atom is 0.164 e. The summed E-state index contributed by atoms with van der Waals surface area (Å²) >= 11 is 2.04. The smallest absolute Gasteiger partial charge is 0.164 e. The molecule has 0 aliphatic rings. The van der Waals surface area contributed by atoms with Crippen molar-refractivity contribution in [1.82, 2.24) is 0 Å². The van der Waals surface area contributed by atoms with E-state index in [9.17, 15) is 8.78 Å². The first-order valence-corrected chi connectivity index (χ1v) is 5.66. The number of benzene rings is 1. The summed E-state index contributed by atoms with van der Waals surface area (Å²) in [6.07, 6.45) is 0. The number of hydrogen-bond acceptors (Lipinski definition) is 2. The normalized spacial score (nSPS) is 10.4. The topological polar surface area (TPSA) is 25.2 Å². The van der Waals surface area contributed by atoms with Gasteiger partial charge in [0, 0.05) is 0 Å². The third-order valence-electron chi connectivity index (χ3n) is 2.01. The predicted molar refractivity (Wildman–Crippen MR) is 65.1 cm³/mol. The largest absolute Gasteiger partial charge is 0.454 e. The lowest BCUT2D eigenvalue weighted by Crippen LogP contribution is -2.00. The highest BCUT2D eigenvalue weighted by Gasteiger charge is 2.04. The Morgan fingerprint density at radius 1 is 1.19 bits per heavy atom. The summed E-state index contributed by atoms with van der Waals surface area (Å²) in [5, 5.41) is 2.77. The van der Waals surface area contributed by atoms with E-state index >= 15 is 0 Å². The molecular formula is C11H8F2INO. The van der Waals surface area contributed by atoms with Gasteiger partial charge in [0.1, 0.15) is 17.4 Å². The highest BCUT2D eigenvalue weighted by atomic mass is 127. The number of halogens is 3. The van der Waals surface area contributed by atoms with Gasteiger partial charge in [-0.1, -0.05) is 0 Å². The average Bonchev–Trinajstić information content (AvgIpc) is 2.66. The molecule has 0 aliphatic heterocycles. The van der Waals surface area contributed by atoms with Crippen LogP contribution in [0.2, 0.25) is 0 Å². The quantitative estimate of drug-likeness (QED) is 0.864. The average molecular weight is 335 g/mol. The highest BCUT2D eigenvalue weighted by Crippen LogP contribution is 2.17. The van der Waals surface area contributed by atoms with Gasteiger partial charge < -0.3 is 9.73 Å². The molecule has 16 heavy (non-hydrogen) atoms. The van der Waals surface area contributed by atoms with Crippen molar-refractivity contribution >= 4 is 28.3 Å². The molecule has 0 fully saturated rings. The molecule has 2 rings (SSSR count). The molecule has 5 heteroatoms. The van der Waals surface area contributed by atoms with E-state index in [1.54, 1.807) is 12.1 Å². The van der Waals surface area contributed by atoms with E-state index in [0.717, 1.165) is 22.0 Å². The van der Waals surface area contributed by atoms with Crippen molar-refractivity contribution in [2.24, 2.45) is 0 Å². The summed E-state index contributed by atoms with van der Waals surface area (Å²) in [7, 11) is 0. The number of anilines is 1. The van der Waals surface area contributed by atoms with Crippen molar-refractivity contribution in [3.05, 3.63) is 51.5 Å².